The molecule has 0 bridgehead atoms. The summed E-state index contributed by atoms with van der Waals surface area (Å²) in [6.07, 6.45) is 5.09. The molecule has 0 fully saturated rings. The van der Waals surface area contributed by atoms with E-state index in [2.05, 4.69) is 58.2 Å². The normalized spacial score (nSPS) is 12.2. The minimum atomic E-state index is 0.409. The third-order valence-electron chi connectivity index (χ3n) is 3.78. The molecule has 0 spiro atoms. The fraction of sp³-hybridized carbons (Fsp3) is 0.389. The Morgan fingerprint density at radius 3 is 2.57 bits per heavy atom. The van der Waals surface area contributed by atoms with Crippen LogP contribution in [-0.4, -0.2) is 12.1 Å². The van der Waals surface area contributed by atoms with E-state index in [9.17, 15) is 0 Å². The second kappa shape index (κ2) is 7.60. The first-order valence-electron chi connectivity index (χ1n) is 7.31. The van der Waals surface area contributed by atoms with E-state index >= 15 is 0 Å². The Hall–Kier alpha value is -1.35. The molecule has 1 unspecified atom stereocenters. The molecule has 0 saturated carbocycles. The molecule has 0 N–H and O–H groups in total. The molecule has 2 aromatic rings. The number of methoxy groups -OCH3 is 1. The van der Waals surface area contributed by atoms with E-state index < -0.39 is 0 Å². The van der Waals surface area contributed by atoms with Gasteiger partial charge in [0.2, 0.25) is 0 Å². The fourth-order valence-corrected chi connectivity index (χ4v) is 3.23. The van der Waals surface area contributed by atoms with Crippen LogP contribution in [0, 0.1) is 13.8 Å². The van der Waals surface area contributed by atoms with Crippen molar-refractivity contribution in [3.8, 4) is 5.75 Å². The van der Waals surface area contributed by atoms with Crippen LogP contribution in [0.5, 0.6) is 5.75 Å². The summed E-state index contributed by atoms with van der Waals surface area (Å²) in [5, 5.41) is 0. The lowest BCUT2D eigenvalue weighted by Crippen LogP contribution is -2.01. The molecule has 0 aliphatic heterocycles. The first kappa shape index (κ1) is 16.0. The Bertz CT molecular complexity index is 583. The van der Waals surface area contributed by atoms with Crippen LogP contribution in [0.15, 0.2) is 36.5 Å². The van der Waals surface area contributed by atoms with E-state index in [4.69, 9.17) is 4.74 Å². The fourth-order valence-electron chi connectivity index (χ4n) is 2.60. The number of aryl methyl sites for hydroxylation is 2. The van der Waals surface area contributed by atoms with Gasteiger partial charge in [0.1, 0.15) is 5.75 Å². The SMILES string of the molecule is COc1c(C)cnc(CCCC(Br)c2ccccc2)c1C. The van der Waals surface area contributed by atoms with Gasteiger partial charge in [0.25, 0.3) is 0 Å². The summed E-state index contributed by atoms with van der Waals surface area (Å²) in [6.45, 7) is 4.13. The van der Waals surface area contributed by atoms with Gasteiger partial charge in [0, 0.05) is 27.8 Å². The maximum absolute atomic E-state index is 5.46. The van der Waals surface area contributed by atoms with Crippen molar-refractivity contribution in [2.45, 2.75) is 37.9 Å². The van der Waals surface area contributed by atoms with E-state index in [0.717, 1.165) is 36.3 Å². The third-order valence-corrected chi connectivity index (χ3v) is 4.77. The molecule has 0 aliphatic rings. The lowest BCUT2D eigenvalue weighted by molar-refractivity contribution is 0.406. The second-order valence-electron chi connectivity index (χ2n) is 5.32. The van der Waals surface area contributed by atoms with E-state index in [-0.39, 0.29) is 0 Å². The Kier molecular flexibility index (Phi) is 5.80. The first-order chi connectivity index (χ1) is 10.1. The summed E-state index contributed by atoms with van der Waals surface area (Å²) in [6, 6.07) is 10.5. The van der Waals surface area contributed by atoms with Gasteiger partial charge in [0.15, 0.2) is 0 Å². The number of rotatable bonds is 6. The van der Waals surface area contributed by atoms with Gasteiger partial charge in [0.05, 0.1) is 7.11 Å². The highest BCUT2D eigenvalue weighted by atomic mass is 79.9. The van der Waals surface area contributed by atoms with Gasteiger partial charge < -0.3 is 4.74 Å². The zero-order chi connectivity index (χ0) is 15.2. The average molecular weight is 348 g/mol. The van der Waals surface area contributed by atoms with Gasteiger partial charge in [-0.05, 0) is 38.7 Å². The van der Waals surface area contributed by atoms with Crippen molar-refractivity contribution in [3.63, 3.8) is 0 Å². The molecule has 1 aromatic carbocycles. The highest BCUT2D eigenvalue weighted by Gasteiger charge is 2.11. The number of alkyl halides is 1. The van der Waals surface area contributed by atoms with Gasteiger partial charge in [-0.2, -0.15) is 0 Å². The molecule has 3 heteroatoms. The highest BCUT2D eigenvalue weighted by Crippen LogP contribution is 2.29. The topological polar surface area (TPSA) is 22.1 Å². The number of hydrogen-bond acceptors (Lipinski definition) is 2. The van der Waals surface area contributed by atoms with Gasteiger partial charge in [-0.25, -0.2) is 0 Å². The molecule has 2 rings (SSSR count). The van der Waals surface area contributed by atoms with Gasteiger partial charge in [-0.15, -0.1) is 0 Å². The van der Waals surface area contributed by atoms with E-state index in [1.54, 1.807) is 7.11 Å². The standard InChI is InChI=1S/C18H22BrNO/c1-13-12-20-17(14(2)18(13)21-3)11-7-10-16(19)15-8-5-4-6-9-15/h4-6,8-9,12,16H,7,10-11H2,1-3H3. The highest BCUT2D eigenvalue weighted by molar-refractivity contribution is 9.09. The molecule has 112 valence electrons. The summed E-state index contributed by atoms with van der Waals surface area (Å²) in [7, 11) is 1.73. The van der Waals surface area contributed by atoms with Crippen LogP contribution in [0.3, 0.4) is 0 Å². The summed E-state index contributed by atoms with van der Waals surface area (Å²) in [4.78, 5) is 4.97. The maximum atomic E-state index is 5.46. The lowest BCUT2D eigenvalue weighted by Gasteiger charge is -2.13. The Morgan fingerprint density at radius 2 is 1.90 bits per heavy atom. The summed E-state index contributed by atoms with van der Waals surface area (Å²) in [5.74, 6) is 0.971. The quantitative estimate of drug-likeness (QED) is 0.672. The molecule has 21 heavy (non-hydrogen) atoms. The molecule has 1 atom stereocenters. The average Bonchev–Trinajstić information content (AvgIpc) is 2.51. The smallest absolute Gasteiger partial charge is 0.128 e. The molecule has 0 saturated heterocycles. The number of aromatic nitrogens is 1. The van der Waals surface area contributed by atoms with Crippen LogP contribution >= 0.6 is 15.9 Å². The third kappa shape index (κ3) is 4.07. The van der Waals surface area contributed by atoms with Crippen molar-refractivity contribution >= 4 is 15.9 Å². The minimum Gasteiger partial charge on any atom is -0.496 e. The Balaban J connectivity index is 1.95. The van der Waals surface area contributed by atoms with Crippen molar-refractivity contribution in [1.82, 2.24) is 4.98 Å². The van der Waals surface area contributed by atoms with Crippen LogP contribution in [0.2, 0.25) is 0 Å². The Labute approximate surface area is 135 Å². The molecule has 1 aromatic heterocycles. The molecule has 0 radical (unpaired) electrons. The van der Waals surface area contributed by atoms with Crippen LogP contribution < -0.4 is 4.74 Å². The van der Waals surface area contributed by atoms with Crippen molar-refractivity contribution < 1.29 is 4.74 Å². The first-order valence-corrected chi connectivity index (χ1v) is 8.23. The summed E-state index contributed by atoms with van der Waals surface area (Å²) < 4.78 is 5.46. The molecule has 0 amide bonds. The minimum absolute atomic E-state index is 0.409. The zero-order valence-electron chi connectivity index (χ0n) is 12.9. The molecule has 2 nitrogen and oxygen atoms in total. The number of benzene rings is 1. The molecular formula is C18H22BrNO. The molecular weight excluding hydrogens is 326 g/mol. The van der Waals surface area contributed by atoms with Crippen LogP contribution in [0.25, 0.3) is 0 Å². The number of pyridine rings is 1. The maximum Gasteiger partial charge on any atom is 0.128 e. The molecule has 1 heterocycles. The van der Waals surface area contributed by atoms with Crippen molar-refractivity contribution in [1.29, 1.82) is 0 Å². The van der Waals surface area contributed by atoms with E-state index in [1.165, 1.54) is 11.1 Å². The number of nitrogens with zero attached hydrogens (tertiary/aromatic N) is 1. The van der Waals surface area contributed by atoms with Gasteiger partial charge >= 0.3 is 0 Å². The van der Waals surface area contributed by atoms with Crippen LogP contribution in [0.1, 0.15) is 40.1 Å². The van der Waals surface area contributed by atoms with Crippen molar-refractivity contribution in [2.24, 2.45) is 0 Å². The largest absolute Gasteiger partial charge is 0.496 e. The Morgan fingerprint density at radius 1 is 1.19 bits per heavy atom. The second-order valence-corrected chi connectivity index (χ2v) is 6.42. The van der Waals surface area contributed by atoms with E-state index in [0.29, 0.717) is 4.83 Å². The van der Waals surface area contributed by atoms with Crippen molar-refractivity contribution in [2.75, 3.05) is 7.11 Å². The van der Waals surface area contributed by atoms with Crippen LogP contribution in [-0.2, 0) is 6.42 Å². The summed E-state index contributed by atoms with van der Waals surface area (Å²) in [5.41, 5.74) is 4.75. The number of hydrogen-bond donors (Lipinski definition) is 0. The van der Waals surface area contributed by atoms with Gasteiger partial charge in [-0.1, -0.05) is 46.3 Å². The monoisotopic (exact) mass is 347 g/mol. The van der Waals surface area contributed by atoms with Crippen molar-refractivity contribution in [3.05, 3.63) is 58.9 Å². The summed E-state index contributed by atoms with van der Waals surface area (Å²) >= 11 is 3.77. The van der Waals surface area contributed by atoms with Gasteiger partial charge in [-0.3, -0.25) is 4.98 Å². The number of ether oxygens (including phenoxy) is 1. The zero-order valence-corrected chi connectivity index (χ0v) is 14.5. The lowest BCUT2D eigenvalue weighted by atomic mass is 10.0. The van der Waals surface area contributed by atoms with E-state index in [1.807, 2.05) is 13.1 Å². The predicted molar refractivity (Wildman–Crippen MR) is 91.3 cm³/mol. The number of halogens is 1. The van der Waals surface area contributed by atoms with Crippen LogP contribution in [0.4, 0.5) is 0 Å². The molecule has 0 aliphatic carbocycles. The predicted octanol–water partition coefficient (Wildman–Crippen LogP) is 5.17.